The van der Waals surface area contributed by atoms with E-state index >= 15 is 0 Å². The number of hydrogen-bond donors (Lipinski definition) is 2. The third kappa shape index (κ3) is 5.24. The van der Waals surface area contributed by atoms with Gasteiger partial charge in [-0.25, -0.2) is 0 Å². The maximum absolute atomic E-state index is 12.8. The summed E-state index contributed by atoms with van der Waals surface area (Å²) in [6, 6.07) is 10.9. The number of carbonyl (C=O) groups excluding carboxylic acids is 1. The van der Waals surface area contributed by atoms with Crippen molar-refractivity contribution >= 4 is 23.2 Å². The molecule has 2 aromatic rings. The van der Waals surface area contributed by atoms with Crippen LogP contribution in [0.4, 0.5) is 0 Å². The summed E-state index contributed by atoms with van der Waals surface area (Å²) < 4.78 is 16.2. The van der Waals surface area contributed by atoms with Gasteiger partial charge >= 0.3 is 0 Å². The summed E-state index contributed by atoms with van der Waals surface area (Å²) in [6.45, 7) is 4.06. The molecule has 32 heavy (non-hydrogen) atoms. The molecule has 0 saturated carbocycles. The van der Waals surface area contributed by atoms with Gasteiger partial charge in [-0.1, -0.05) is 6.92 Å². The molecule has 1 atom stereocenters. The van der Waals surface area contributed by atoms with Crippen LogP contribution in [0, 0.1) is 0 Å². The summed E-state index contributed by atoms with van der Waals surface area (Å²) in [5.41, 5.74) is 2.82. The zero-order chi connectivity index (χ0) is 23.1. The van der Waals surface area contributed by atoms with Gasteiger partial charge in [0.05, 0.1) is 27.4 Å². The number of ether oxygens (including phenoxy) is 3. The van der Waals surface area contributed by atoms with Gasteiger partial charge in [0.15, 0.2) is 16.6 Å². The van der Waals surface area contributed by atoms with Crippen LogP contribution in [0.1, 0.15) is 40.9 Å². The molecule has 172 valence electrons. The molecular weight excluding hydrogens is 426 g/mol. The Balaban J connectivity index is 1.86. The van der Waals surface area contributed by atoms with Crippen LogP contribution in [0.3, 0.4) is 0 Å². The number of thiocarbonyl (C=S) groups is 1. The molecule has 7 nitrogen and oxygen atoms in total. The number of carbonyl (C=O) groups is 1. The third-order valence-corrected chi connectivity index (χ3v) is 5.98. The van der Waals surface area contributed by atoms with Crippen LogP contribution in [0.15, 0.2) is 36.4 Å². The summed E-state index contributed by atoms with van der Waals surface area (Å²) in [4.78, 5) is 15.0. The summed E-state index contributed by atoms with van der Waals surface area (Å²) in [6.07, 6.45) is 1.81. The van der Waals surface area contributed by atoms with Crippen LogP contribution >= 0.6 is 12.2 Å². The van der Waals surface area contributed by atoms with Crippen molar-refractivity contribution in [3.63, 3.8) is 0 Å². The quantitative estimate of drug-likeness (QED) is 0.589. The lowest BCUT2D eigenvalue weighted by atomic mass is 9.92. The van der Waals surface area contributed by atoms with Crippen molar-refractivity contribution in [2.75, 3.05) is 41.0 Å². The molecule has 8 heteroatoms. The first-order valence-corrected chi connectivity index (χ1v) is 11.1. The van der Waals surface area contributed by atoms with E-state index in [0.717, 1.165) is 31.5 Å². The third-order valence-electron chi connectivity index (χ3n) is 5.60. The molecule has 0 unspecified atom stereocenters. The zero-order valence-electron chi connectivity index (χ0n) is 19.1. The fourth-order valence-electron chi connectivity index (χ4n) is 3.86. The van der Waals surface area contributed by atoms with Gasteiger partial charge in [-0.05, 0) is 72.6 Å². The molecule has 2 aromatic carbocycles. The fourth-order valence-corrected chi connectivity index (χ4v) is 4.18. The normalized spacial score (nSPS) is 14.9. The molecule has 1 amide bonds. The van der Waals surface area contributed by atoms with Crippen molar-refractivity contribution in [3.8, 4) is 17.2 Å². The topological polar surface area (TPSA) is 72.1 Å². The maximum Gasteiger partial charge on any atom is 0.251 e. The number of amides is 1. The predicted octanol–water partition coefficient (Wildman–Crippen LogP) is 3.33. The monoisotopic (exact) mass is 457 g/mol. The van der Waals surface area contributed by atoms with E-state index in [2.05, 4.69) is 22.5 Å². The molecule has 1 heterocycles. The van der Waals surface area contributed by atoms with Gasteiger partial charge in [-0.2, -0.15) is 0 Å². The first-order valence-electron chi connectivity index (χ1n) is 10.7. The molecule has 0 saturated heterocycles. The van der Waals surface area contributed by atoms with E-state index in [1.807, 2.05) is 12.1 Å². The second-order valence-electron chi connectivity index (χ2n) is 7.54. The molecule has 1 aliphatic heterocycles. The van der Waals surface area contributed by atoms with E-state index in [1.54, 1.807) is 45.6 Å². The van der Waals surface area contributed by atoms with Gasteiger partial charge in [0.2, 0.25) is 0 Å². The van der Waals surface area contributed by atoms with E-state index < -0.39 is 0 Å². The fraction of sp³-hybridized carbons (Fsp3) is 0.417. The van der Waals surface area contributed by atoms with Gasteiger partial charge in [0.1, 0.15) is 5.75 Å². The molecule has 2 N–H and O–H groups in total. The van der Waals surface area contributed by atoms with Gasteiger partial charge in [0.25, 0.3) is 5.91 Å². The molecule has 0 spiro atoms. The van der Waals surface area contributed by atoms with E-state index in [1.165, 1.54) is 5.56 Å². The van der Waals surface area contributed by atoms with Crippen LogP contribution in [0.2, 0.25) is 0 Å². The minimum absolute atomic E-state index is 0.127. The highest BCUT2D eigenvalue weighted by Gasteiger charge is 2.31. The molecule has 0 bridgehead atoms. The highest BCUT2D eigenvalue weighted by Crippen LogP contribution is 2.38. The van der Waals surface area contributed by atoms with Gasteiger partial charge in [-0.15, -0.1) is 0 Å². The first kappa shape index (κ1) is 23.7. The summed E-state index contributed by atoms with van der Waals surface area (Å²) in [5, 5.41) is 7.08. The van der Waals surface area contributed by atoms with Crippen LogP contribution in [0.5, 0.6) is 17.2 Å². The van der Waals surface area contributed by atoms with E-state index in [0.29, 0.717) is 34.5 Å². The van der Waals surface area contributed by atoms with Crippen molar-refractivity contribution < 1.29 is 19.0 Å². The van der Waals surface area contributed by atoms with E-state index in [9.17, 15) is 4.79 Å². The lowest BCUT2D eigenvalue weighted by Gasteiger charge is -2.39. The standard InChI is InChI=1S/C24H31N3O4S/c1-5-11-25-24(32)27-12-10-17-13-21(30-3)22(31-4)14-19(17)20(27)15-26-23(28)16-6-8-18(29-2)9-7-16/h6-9,13-14,20H,5,10-12,15H2,1-4H3,(H,25,32)(H,26,28)/t20-/m0/s1. The SMILES string of the molecule is CCCNC(=S)N1CCc2cc(OC)c(OC)cc2[C@@H]1CNC(=O)c1ccc(OC)cc1. The number of nitrogens with one attached hydrogen (secondary N) is 2. The van der Waals surface area contributed by atoms with Crippen LogP contribution in [-0.2, 0) is 6.42 Å². The molecule has 3 rings (SSSR count). The summed E-state index contributed by atoms with van der Waals surface area (Å²) in [7, 11) is 4.86. The van der Waals surface area contributed by atoms with Crippen molar-refractivity contribution in [3.05, 3.63) is 53.1 Å². The van der Waals surface area contributed by atoms with Crippen LogP contribution in [-0.4, -0.2) is 56.9 Å². The molecule has 0 radical (unpaired) electrons. The van der Waals surface area contributed by atoms with Crippen LogP contribution < -0.4 is 24.8 Å². The van der Waals surface area contributed by atoms with Crippen molar-refractivity contribution in [2.45, 2.75) is 25.8 Å². The largest absolute Gasteiger partial charge is 0.497 e. The Labute approximate surface area is 195 Å². The highest BCUT2D eigenvalue weighted by atomic mass is 32.1. The van der Waals surface area contributed by atoms with Gasteiger partial charge in [0, 0.05) is 25.2 Å². The number of nitrogens with zero attached hydrogens (tertiary/aromatic N) is 1. The lowest BCUT2D eigenvalue weighted by Crippen LogP contribution is -2.49. The molecule has 0 aromatic heterocycles. The molecule has 0 fully saturated rings. The number of benzene rings is 2. The number of hydrogen-bond acceptors (Lipinski definition) is 5. The van der Waals surface area contributed by atoms with Crippen molar-refractivity contribution in [1.29, 1.82) is 0 Å². The van der Waals surface area contributed by atoms with Crippen molar-refractivity contribution in [2.24, 2.45) is 0 Å². The second-order valence-corrected chi connectivity index (χ2v) is 7.92. The number of methoxy groups -OCH3 is 3. The first-order chi connectivity index (χ1) is 15.5. The molecule has 0 aliphatic carbocycles. The maximum atomic E-state index is 12.8. The highest BCUT2D eigenvalue weighted by molar-refractivity contribution is 7.80. The summed E-state index contributed by atoms with van der Waals surface area (Å²) in [5.74, 6) is 1.93. The Bertz CT molecular complexity index is 949. The Kier molecular flexibility index (Phi) is 8.16. The van der Waals surface area contributed by atoms with Gasteiger partial charge < -0.3 is 29.7 Å². The Morgan fingerprint density at radius 1 is 1.06 bits per heavy atom. The Hall–Kier alpha value is -3.00. The predicted molar refractivity (Wildman–Crippen MR) is 129 cm³/mol. The number of fused-ring (bicyclic) bond motifs is 1. The van der Waals surface area contributed by atoms with Crippen molar-refractivity contribution in [1.82, 2.24) is 15.5 Å². The minimum Gasteiger partial charge on any atom is -0.497 e. The molecular formula is C24H31N3O4S. The van der Waals surface area contributed by atoms with Gasteiger partial charge in [-0.3, -0.25) is 4.79 Å². The zero-order valence-corrected chi connectivity index (χ0v) is 19.9. The van der Waals surface area contributed by atoms with Crippen LogP contribution in [0.25, 0.3) is 0 Å². The minimum atomic E-state index is -0.146. The smallest absolute Gasteiger partial charge is 0.251 e. The molecule has 1 aliphatic rings. The lowest BCUT2D eigenvalue weighted by molar-refractivity contribution is 0.0942. The average molecular weight is 458 g/mol. The average Bonchev–Trinajstić information content (AvgIpc) is 2.84. The Morgan fingerprint density at radius 3 is 2.38 bits per heavy atom. The summed E-state index contributed by atoms with van der Waals surface area (Å²) >= 11 is 5.69. The Morgan fingerprint density at radius 2 is 1.75 bits per heavy atom. The number of rotatable bonds is 8. The second kappa shape index (κ2) is 11.0. The van der Waals surface area contributed by atoms with E-state index in [-0.39, 0.29) is 11.9 Å². The van der Waals surface area contributed by atoms with E-state index in [4.69, 9.17) is 26.4 Å².